The second-order valence-corrected chi connectivity index (χ2v) is 5.99. The van der Waals surface area contributed by atoms with Crippen molar-refractivity contribution in [3.63, 3.8) is 0 Å². The van der Waals surface area contributed by atoms with Gasteiger partial charge in [-0.15, -0.1) is 0 Å². The summed E-state index contributed by atoms with van der Waals surface area (Å²) in [6, 6.07) is 7.89. The van der Waals surface area contributed by atoms with Gasteiger partial charge < -0.3 is 10.2 Å². The molecule has 0 atom stereocenters. The lowest BCUT2D eigenvalue weighted by Gasteiger charge is -2.27. The fraction of sp³-hybridized carbons (Fsp3) is 0.333. The molecule has 1 N–H and O–H groups in total. The standard InChI is InChI=1S/C15H17BrN4O/c1-11-14(15(21)19-7-5-17-6-8-19)10-18-20(11)13-4-2-3-12(16)9-13/h2-4,9-10,17H,5-8H2,1H3. The van der Waals surface area contributed by atoms with Crippen molar-refractivity contribution in [1.29, 1.82) is 0 Å². The van der Waals surface area contributed by atoms with Crippen LogP contribution in [0.15, 0.2) is 34.9 Å². The molecule has 3 rings (SSSR count). The van der Waals surface area contributed by atoms with E-state index >= 15 is 0 Å². The van der Waals surface area contributed by atoms with Gasteiger partial charge in [0.2, 0.25) is 0 Å². The molecule has 0 unspecified atom stereocenters. The van der Waals surface area contributed by atoms with Gasteiger partial charge in [-0.2, -0.15) is 5.10 Å². The summed E-state index contributed by atoms with van der Waals surface area (Å²) in [6.45, 7) is 5.14. The summed E-state index contributed by atoms with van der Waals surface area (Å²) in [5, 5.41) is 7.63. The molecule has 1 aromatic carbocycles. The molecule has 110 valence electrons. The number of amides is 1. The van der Waals surface area contributed by atoms with Gasteiger partial charge in [0.1, 0.15) is 0 Å². The summed E-state index contributed by atoms with van der Waals surface area (Å²) in [5.74, 6) is 0.0650. The second kappa shape index (κ2) is 5.99. The van der Waals surface area contributed by atoms with Crippen LogP contribution in [0.4, 0.5) is 0 Å². The maximum Gasteiger partial charge on any atom is 0.257 e. The number of nitrogens with one attached hydrogen (secondary N) is 1. The van der Waals surface area contributed by atoms with Crippen molar-refractivity contribution in [2.24, 2.45) is 0 Å². The fourth-order valence-corrected chi connectivity index (χ4v) is 2.91. The number of rotatable bonds is 2. The highest BCUT2D eigenvalue weighted by Crippen LogP contribution is 2.19. The third-order valence-electron chi connectivity index (χ3n) is 3.70. The number of hydrogen-bond donors (Lipinski definition) is 1. The Labute approximate surface area is 132 Å². The number of piperazine rings is 1. The van der Waals surface area contributed by atoms with Crippen LogP contribution >= 0.6 is 15.9 Å². The molecule has 1 aliphatic heterocycles. The average Bonchev–Trinajstić information content (AvgIpc) is 2.89. The van der Waals surface area contributed by atoms with Crippen molar-refractivity contribution in [2.45, 2.75) is 6.92 Å². The third-order valence-corrected chi connectivity index (χ3v) is 4.19. The highest BCUT2D eigenvalue weighted by atomic mass is 79.9. The predicted octanol–water partition coefficient (Wildman–Crippen LogP) is 1.99. The van der Waals surface area contributed by atoms with Crippen LogP contribution in [0.2, 0.25) is 0 Å². The Morgan fingerprint density at radius 3 is 2.81 bits per heavy atom. The molecule has 1 fully saturated rings. The largest absolute Gasteiger partial charge is 0.336 e. The lowest BCUT2D eigenvalue weighted by molar-refractivity contribution is 0.0735. The molecular formula is C15H17BrN4O. The highest BCUT2D eigenvalue weighted by molar-refractivity contribution is 9.10. The minimum Gasteiger partial charge on any atom is -0.336 e. The van der Waals surface area contributed by atoms with Crippen LogP contribution < -0.4 is 5.32 Å². The average molecular weight is 349 g/mol. The van der Waals surface area contributed by atoms with Gasteiger partial charge in [-0.05, 0) is 25.1 Å². The SMILES string of the molecule is Cc1c(C(=O)N2CCNCC2)cnn1-c1cccc(Br)c1. The molecule has 0 spiro atoms. The molecule has 0 bridgehead atoms. The molecule has 21 heavy (non-hydrogen) atoms. The molecule has 1 aliphatic rings. The lowest BCUT2D eigenvalue weighted by Crippen LogP contribution is -2.46. The van der Waals surface area contributed by atoms with Crippen LogP contribution in [-0.4, -0.2) is 46.8 Å². The van der Waals surface area contributed by atoms with Crippen molar-refractivity contribution in [2.75, 3.05) is 26.2 Å². The zero-order valence-electron chi connectivity index (χ0n) is 11.8. The quantitative estimate of drug-likeness (QED) is 0.902. The summed E-state index contributed by atoms with van der Waals surface area (Å²) < 4.78 is 2.80. The zero-order chi connectivity index (χ0) is 14.8. The van der Waals surface area contributed by atoms with E-state index in [0.29, 0.717) is 5.56 Å². The topological polar surface area (TPSA) is 50.2 Å². The molecule has 1 amide bonds. The summed E-state index contributed by atoms with van der Waals surface area (Å²) in [7, 11) is 0. The van der Waals surface area contributed by atoms with Gasteiger partial charge in [0.25, 0.3) is 5.91 Å². The van der Waals surface area contributed by atoms with E-state index in [2.05, 4.69) is 26.3 Å². The van der Waals surface area contributed by atoms with E-state index in [4.69, 9.17) is 0 Å². The Balaban J connectivity index is 1.90. The first-order valence-electron chi connectivity index (χ1n) is 6.97. The van der Waals surface area contributed by atoms with Gasteiger partial charge in [0.05, 0.1) is 23.1 Å². The minimum atomic E-state index is 0.0650. The summed E-state index contributed by atoms with van der Waals surface area (Å²) in [5.41, 5.74) is 2.50. The first-order chi connectivity index (χ1) is 10.2. The Kier molecular flexibility index (Phi) is 4.07. The lowest BCUT2D eigenvalue weighted by atomic mass is 10.2. The van der Waals surface area contributed by atoms with Gasteiger partial charge in [-0.1, -0.05) is 22.0 Å². The zero-order valence-corrected chi connectivity index (χ0v) is 13.4. The number of carbonyl (C=O) groups excluding carboxylic acids is 1. The van der Waals surface area contributed by atoms with E-state index in [-0.39, 0.29) is 5.91 Å². The molecule has 1 aromatic heterocycles. The van der Waals surface area contributed by atoms with Gasteiger partial charge >= 0.3 is 0 Å². The molecular weight excluding hydrogens is 332 g/mol. The van der Waals surface area contributed by atoms with Crippen molar-refractivity contribution >= 4 is 21.8 Å². The molecule has 2 heterocycles. The molecule has 5 nitrogen and oxygen atoms in total. The van der Waals surface area contributed by atoms with E-state index in [9.17, 15) is 4.79 Å². The van der Waals surface area contributed by atoms with Crippen LogP contribution in [0, 0.1) is 6.92 Å². The van der Waals surface area contributed by atoms with Gasteiger partial charge in [-0.3, -0.25) is 4.79 Å². The normalized spacial score (nSPS) is 15.2. The molecule has 1 saturated heterocycles. The van der Waals surface area contributed by atoms with E-state index in [0.717, 1.165) is 42.0 Å². The van der Waals surface area contributed by atoms with Crippen LogP contribution in [0.1, 0.15) is 16.1 Å². The van der Waals surface area contributed by atoms with E-state index in [1.165, 1.54) is 0 Å². The first kappa shape index (κ1) is 14.3. The molecule has 6 heteroatoms. The minimum absolute atomic E-state index is 0.0650. The van der Waals surface area contributed by atoms with Crippen LogP contribution in [0.3, 0.4) is 0 Å². The van der Waals surface area contributed by atoms with E-state index in [1.54, 1.807) is 10.9 Å². The number of halogens is 1. The van der Waals surface area contributed by atoms with Crippen molar-refractivity contribution < 1.29 is 4.79 Å². The maximum absolute atomic E-state index is 12.6. The fourth-order valence-electron chi connectivity index (χ4n) is 2.53. The second-order valence-electron chi connectivity index (χ2n) is 5.08. The van der Waals surface area contributed by atoms with Crippen LogP contribution in [-0.2, 0) is 0 Å². The molecule has 0 saturated carbocycles. The summed E-state index contributed by atoms with van der Waals surface area (Å²) in [6.07, 6.45) is 1.67. The number of nitrogens with zero attached hydrogens (tertiary/aromatic N) is 3. The van der Waals surface area contributed by atoms with Crippen molar-refractivity contribution in [3.8, 4) is 5.69 Å². The number of carbonyl (C=O) groups is 1. The third kappa shape index (κ3) is 2.87. The van der Waals surface area contributed by atoms with E-state index < -0.39 is 0 Å². The Hall–Kier alpha value is -1.66. The monoisotopic (exact) mass is 348 g/mol. The van der Waals surface area contributed by atoms with Crippen LogP contribution in [0.25, 0.3) is 5.69 Å². The predicted molar refractivity (Wildman–Crippen MR) is 84.8 cm³/mol. The summed E-state index contributed by atoms with van der Waals surface area (Å²) in [4.78, 5) is 14.4. The van der Waals surface area contributed by atoms with Crippen molar-refractivity contribution in [1.82, 2.24) is 20.0 Å². The van der Waals surface area contributed by atoms with Gasteiger partial charge in [0.15, 0.2) is 0 Å². The van der Waals surface area contributed by atoms with E-state index in [1.807, 2.05) is 36.1 Å². The molecule has 2 aromatic rings. The smallest absolute Gasteiger partial charge is 0.257 e. The number of aromatic nitrogens is 2. The van der Waals surface area contributed by atoms with Gasteiger partial charge in [-0.25, -0.2) is 4.68 Å². The van der Waals surface area contributed by atoms with Crippen LogP contribution in [0.5, 0.6) is 0 Å². The number of benzene rings is 1. The maximum atomic E-state index is 12.6. The molecule has 0 radical (unpaired) electrons. The first-order valence-corrected chi connectivity index (χ1v) is 7.76. The molecule has 0 aliphatic carbocycles. The summed E-state index contributed by atoms with van der Waals surface area (Å²) >= 11 is 3.46. The number of hydrogen-bond acceptors (Lipinski definition) is 3. The Morgan fingerprint density at radius 1 is 1.33 bits per heavy atom. The van der Waals surface area contributed by atoms with Crippen molar-refractivity contribution in [3.05, 3.63) is 46.2 Å². The Bertz CT molecular complexity index is 661. The van der Waals surface area contributed by atoms with Gasteiger partial charge in [0, 0.05) is 30.7 Å². The Morgan fingerprint density at radius 2 is 2.10 bits per heavy atom. The highest BCUT2D eigenvalue weighted by Gasteiger charge is 2.22.